The summed E-state index contributed by atoms with van der Waals surface area (Å²) in [5.41, 5.74) is 2.39. The molecule has 0 aromatic heterocycles. The number of allylic oxidation sites excluding steroid dienone is 5. The highest BCUT2D eigenvalue weighted by Crippen LogP contribution is 2.25. The van der Waals surface area contributed by atoms with E-state index in [1.807, 2.05) is 27.7 Å². The van der Waals surface area contributed by atoms with E-state index in [-0.39, 0.29) is 0 Å². The fraction of sp³-hybridized carbons (Fsp3) is 0.538. The molecule has 0 aliphatic rings. The van der Waals surface area contributed by atoms with Crippen LogP contribution >= 0.6 is 15.9 Å². The van der Waals surface area contributed by atoms with Crippen LogP contribution in [0.25, 0.3) is 0 Å². The molecular weight excluding hydrogens is 236 g/mol. The Balaban J connectivity index is 0. The quantitative estimate of drug-likeness (QED) is 0.589. The van der Waals surface area contributed by atoms with Crippen molar-refractivity contribution >= 4 is 15.9 Å². The van der Waals surface area contributed by atoms with Crippen LogP contribution in [0.2, 0.25) is 0 Å². The largest absolute Gasteiger partial charge is 0.0950 e. The smallest absolute Gasteiger partial charge is 0.0233 e. The van der Waals surface area contributed by atoms with Crippen LogP contribution in [0.5, 0.6) is 0 Å². The predicted octanol–water partition coefficient (Wildman–Crippen LogP) is 5.47. The van der Waals surface area contributed by atoms with Crippen molar-refractivity contribution in [3.8, 4) is 0 Å². The van der Waals surface area contributed by atoms with Gasteiger partial charge in [-0.3, -0.25) is 0 Å². The molecule has 0 rings (SSSR count). The summed E-state index contributed by atoms with van der Waals surface area (Å²) in [6.45, 7) is 16.3. The first-order valence-electron chi connectivity index (χ1n) is 5.19. The summed E-state index contributed by atoms with van der Waals surface area (Å²) in [7, 11) is 0. The van der Waals surface area contributed by atoms with Crippen LogP contribution in [0.4, 0.5) is 0 Å². The van der Waals surface area contributed by atoms with Crippen LogP contribution in [0.3, 0.4) is 0 Å². The zero-order valence-electron chi connectivity index (χ0n) is 10.3. The average Bonchev–Trinajstić information content (AvgIpc) is 2.15. The molecule has 0 saturated carbocycles. The normalized spacial score (nSPS) is 12.3. The zero-order valence-corrected chi connectivity index (χ0v) is 11.9. The van der Waals surface area contributed by atoms with Crippen molar-refractivity contribution in [2.45, 2.75) is 41.5 Å². The molecule has 0 bridgehead atoms. The van der Waals surface area contributed by atoms with Crippen molar-refractivity contribution in [2.24, 2.45) is 5.92 Å². The fourth-order valence-electron chi connectivity index (χ4n) is 0.945. The van der Waals surface area contributed by atoms with Gasteiger partial charge in [0.15, 0.2) is 0 Å². The van der Waals surface area contributed by atoms with Gasteiger partial charge < -0.3 is 0 Å². The second kappa shape index (κ2) is 9.26. The van der Waals surface area contributed by atoms with Gasteiger partial charge in [0.25, 0.3) is 0 Å². The first-order valence-corrected chi connectivity index (χ1v) is 5.98. The molecule has 0 unspecified atom stereocenters. The van der Waals surface area contributed by atoms with Crippen molar-refractivity contribution in [3.63, 3.8) is 0 Å². The second-order valence-corrected chi connectivity index (χ2v) is 4.00. The Kier molecular flexibility index (Phi) is 10.7. The van der Waals surface area contributed by atoms with Crippen molar-refractivity contribution in [3.05, 3.63) is 34.4 Å². The van der Waals surface area contributed by atoms with E-state index >= 15 is 0 Å². The van der Waals surface area contributed by atoms with E-state index < -0.39 is 0 Å². The van der Waals surface area contributed by atoms with Crippen molar-refractivity contribution in [1.82, 2.24) is 0 Å². The summed E-state index contributed by atoms with van der Waals surface area (Å²) in [4.78, 5) is 0. The van der Waals surface area contributed by atoms with Gasteiger partial charge in [-0.15, -0.1) is 0 Å². The maximum Gasteiger partial charge on any atom is 0.0233 e. The van der Waals surface area contributed by atoms with Crippen LogP contribution in [0, 0.1) is 5.92 Å². The molecule has 1 heteroatoms. The number of rotatable bonds is 3. The Morgan fingerprint density at radius 3 is 1.93 bits per heavy atom. The minimum Gasteiger partial charge on any atom is -0.0950 e. The fourth-order valence-corrected chi connectivity index (χ4v) is 1.54. The van der Waals surface area contributed by atoms with Gasteiger partial charge in [-0.05, 0) is 30.9 Å². The molecule has 0 N–H and O–H groups in total. The third-order valence-electron chi connectivity index (χ3n) is 1.60. The summed E-state index contributed by atoms with van der Waals surface area (Å²) in [6, 6.07) is 0. The Morgan fingerprint density at radius 2 is 1.71 bits per heavy atom. The maximum atomic E-state index is 3.90. The highest BCUT2D eigenvalue weighted by molar-refractivity contribution is 9.12. The third-order valence-corrected chi connectivity index (χ3v) is 2.73. The Hall–Kier alpha value is -0.300. The van der Waals surface area contributed by atoms with E-state index in [1.165, 1.54) is 5.57 Å². The molecule has 0 aromatic rings. The van der Waals surface area contributed by atoms with Gasteiger partial charge in [0.05, 0.1) is 0 Å². The van der Waals surface area contributed by atoms with Gasteiger partial charge in [-0.25, -0.2) is 0 Å². The van der Waals surface area contributed by atoms with Crippen LogP contribution in [0.1, 0.15) is 41.5 Å². The molecule has 0 heterocycles. The molecule has 0 fully saturated rings. The summed E-state index contributed by atoms with van der Waals surface area (Å²) >= 11 is 3.54. The molecule has 0 saturated heterocycles. The second-order valence-electron chi connectivity index (χ2n) is 3.20. The van der Waals surface area contributed by atoms with Crippen LogP contribution < -0.4 is 0 Å². The molecule has 0 aliphatic heterocycles. The lowest BCUT2D eigenvalue weighted by atomic mass is 10.0. The van der Waals surface area contributed by atoms with Crippen LogP contribution in [0.15, 0.2) is 34.4 Å². The molecule has 0 aromatic carbocycles. The van der Waals surface area contributed by atoms with Gasteiger partial charge in [-0.1, -0.05) is 62.4 Å². The summed E-state index contributed by atoms with van der Waals surface area (Å²) in [5.74, 6) is 0.535. The van der Waals surface area contributed by atoms with Crippen molar-refractivity contribution in [1.29, 1.82) is 0 Å². The molecular formula is C13H23Br. The molecule has 14 heavy (non-hydrogen) atoms. The Labute approximate surface area is 97.9 Å². The highest BCUT2D eigenvalue weighted by Gasteiger charge is 2.05. The van der Waals surface area contributed by atoms with Crippen molar-refractivity contribution in [2.75, 3.05) is 0 Å². The average molecular weight is 259 g/mol. The van der Waals surface area contributed by atoms with E-state index in [0.29, 0.717) is 5.92 Å². The number of hydrogen-bond donors (Lipinski definition) is 0. The molecule has 0 radical (unpaired) electrons. The monoisotopic (exact) mass is 258 g/mol. The Morgan fingerprint density at radius 1 is 1.29 bits per heavy atom. The topological polar surface area (TPSA) is 0 Å². The lowest BCUT2D eigenvalue weighted by Gasteiger charge is -2.10. The molecule has 0 aliphatic carbocycles. The van der Waals surface area contributed by atoms with E-state index in [4.69, 9.17) is 0 Å². The number of hydrogen-bond acceptors (Lipinski definition) is 0. The summed E-state index contributed by atoms with van der Waals surface area (Å²) in [6.07, 6.45) is 4.18. The van der Waals surface area contributed by atoms with Gasteiger partial charge in [0.1, 0.15) is 0 Å². The molecule has 0 spiro atoms. The van der Waals surface area contributed by atoms with Crippen molar-refractivity contribution < 1.29 is 0 Å². The van der Waals surface area contributed by atoms with Crippen LogP contribution in [-0.2, 0) is 0 Å². The van der Waals surface area contributed by atoms with Gasteiger partial charge in [-0.2, -0.15) is 0 Å². The third kappa shape index (κ3) is 6.20. The maximum absolute atomic E-state index is 3.90. The first kappa shape index (κ1) is 16.1. The molecule has 82 valence electrons. The molecule has 0 atom stereocenters. The van der Waals surface area contributed by atoms with Gasteiger partial charge >= 0.3 is 0 Å². The number of halogens is 1. The molecule has 0 amide bonds. The lowest BCUT2D eigenvalue weighted by Crippen LogP contribution is -1.93. The minimum atomic E-state index is 0.535. The summed E-state index contributed by atoms with van der Waals surface area (Å²) in [5, 5.41) is 0. The van der Waals surface area contributed by atoms with Gasteiger partial charge in [0, 0.05) is 4.48 Å². The predicted molar refractivity (Wildman–Crippen MR) is 71.8 cm³/mol. The van der Waals surface area contributed by atoms with E-state index in [1.54, 1.807) is 0 Å². The van der Waals surface area contributed by atoms with Crippen LogP contribution in [-0.4, -0.2) is 0 Å². The highest BCUT2D eigenvalue weighted by atomic mass is 79.9. The molecule has 0 nitrogen and oxygen atoms in total. The SMILES string of the molecule is C=C(C)/C(Br)=C(\C=C/C)C(C)C.CC. The van der Waals surface area contributed by atoms with Gasteiger partial charge in [0.2, 0.25) is 0 Å². The van der Waals surface area contributed by atoms with E-state index in [9.17, 15) is 0 Å². The minimum absolute atomic E-state index is 0.535. The first-order chi connectivity index (χ1) is 6.50. The summed E-state index contributed by atoms with van der Waals surface area (Å²) < 4.78 is 1.13. The zero-order chi connectivity index (χ0) is 11.7. The Bertz CT molecular complexity index is 219. The lowest BCUT2D eigenvalue weighted by molar-refractivity contribution is 0.788. The standard InChI is InChI=1S/C11H17Br.C2H6/c1-6-7-10(8(2)3)11(12)9(4)5;1-2/h6-8H,4H2,1-3,5H3;1-2H3/b7-6-,11-10-;. The van der Waals surface area contributed by atoms with E-state index in [2.05, 4.69) is 48.5 Å². The van der Waals surface area contributed by atoms with E-state index in [0.717, 1.165) is 10.1 Å².